The third-order valence-corrected chi connectivity index (χ3v) is 6.29. The van der Waals surface area contributed by atoms with E-state index in [0.717, 1.165) is 17.6 Å². The molecule has 0 radical (unpaired) electrons. The maximum atomic E-state index is 13.8. The van der Waals surface area contributed by atoms with Crippen LogP contribution in [0.25, 0.3) is 0 Å². The summed E-state index contributed by atoms with van der Waals surface area (Å²) < 4.78 is 40.2. The third kappa shape index (κ3) is 3.28. The van der Waals surface area contributed by atoms with Crippen LogP contribution in [0, 0.1) is 5.82 Å². The van der Waals surface area contributed by atoms with Crippen molar-refractivity contribution < 1.29 is 12.8 Å². The van der Waals surface area contributed by atoms with E-state index >= 15 is 0 Å². The molecule has 0 atom stereocenters. The molecule has 1 heterocycles. The van der Waals surface area contributed by atoms with Crippen molar-refractivity contribution in [3.8, 4) is 0 Å². The fourth-order valence-electron chi connectivity index (χ4n) is 2.02. The zero-order valence-corrected chi connectivity index (χ0v) is 13.4. The first-order valence-electron chi connectivity index (χ1n) is 6.17. The summed E-state index contributed by atoms with van der Waals surface area (Å²) >= 11 is 7.57. The molecule has 0 bridgehead atoms. The molecule has 4 nitrogen and oxygen atoms in total. The summed E-state index contributed by atoms with van der Waals surface area (Å²) in [5, 5.41) is 2.81. The first-order valence-corrected chi connectivity index (χ1v) is 9.14. The molecular formula is C12H16ClFN2O2S2. The van der Waals surface area contributed by atoms with Crippen LogP contribution in [-0.2, 0) is 16.6 Å². The van der Waals surface area contributed by atoms with E-state index in [1.165, 1.54) is 10.4 Å². The van der Waals surface area contributed by atoms with Gasteiger partial charge in [-0.1, -0.05) is 11.6 Å². The number of nitrogens with one attached hydrogen (secondary N) is 1. The van der Waals surface area contributed by atoms with E-state index in [2.05, 4.69) is 5.32 Å². The van der Waals surface area contributed by atoms with Crippen molar-refractivity contribution in [2.45, 2.75) is 11.4 Å². The Morgan fingerprint density at radius 3 is 2.65 bits per heavy atom. The lowest BCUT2D eigenvalue weighted by Crippen LogP contribution is -2.38. The zero-order valence-electron chi connectivity index (χ0n) is 11.0. The summed E-state index contributed by atoms with van der Waals surface area (Å²) in [6.45, 7) is 1.23. The van der Waals surface area contributed by atoms with Gasteiger partial charge in [0.05, 0.1) is 9.92 Å². The SMILES string of the molecule is CNCc1cc(S(=O)(=O)N2CCSCC2)cc(F)c1Cl. The standard InChI is InChI=1S/C12H16ClFN2O2S2/c1-15-8-9-6-10(7-11(14)12(9)13)20(17,18)16-2-4-19-5-3-16/h6-7,15H,2-5,8H2,1H3. The van der Waals surface area contributed by atoms with Gasteiger partial charge in [-0.25, -0.2) is 12.8 Å². The predicted octanol–water partition coefficient (Wildman–Crippen LogP) is 1.94. The monoisotopic (exact) mass is 338 g/mol. The second kappa shape index (κ2) is 6.62. The molecule has 1 aliphatic heterocycles. The van der Waals surface area contributed by atoms with Crippen molar-refractivity contribution in [1.29, 1.82) is 0 Å². The first kappa shape index (κ1) is 16.0. The van der Waals surface area contributed by atoms with Gasteiger partial charge in [0.15, 0.2) is 0 Å². The third-order valence-electron chi connectivity index (χ3n) is 3.05. The van der Waals surface area contributed by atoms with Gasteiger partial charge in [0.25, 0.3) is 0 Å². The quantitative estimate of drug-likeness (QED) is 0.911. The Labute approximate surface area is 127 Å². The van der Waals surface area contributed by atoms with Crippen molar-refractivity contribution >= 4 is 33.4 Å². The van der Waals surface area contributed by atoms with Gasteiger partial charge >= 0.3 is 0 Å². The van der Waals surface area contributed by atoms with Crippen LogP contribution in [0.1, 0.15) is 5.56 Å². The molecule has 0 aliphatic carbocycles. The predicted molar refractivity (Wildman–Crippen MR) is 80.3 cm³/mol. The van der Waals surface area contributed by atoms with Gasteiger partial charge in [0.1, 0.15) is 5.82 Å². The van der Waals surface area contributed by atoms with E-state index in [1.807, 2.05) is 0 Å². The highest BCUT2D eigenvalue weighted by atomic mass is 35.5. The molecule has 20 heavy (non-hydrogen) atoms. The summed E-state index contributed by atoms with van der Waals surface area (Å²) in [4.78, 5) is -0.0310. The first-order chi connectivity index (χ1) is 9.46. The normalized spacial score (nSPS) is 17.4. The van der Waals surface area contributed by atoms with Gasteiger partial charge < -0.3 is 5.32 Å². The van der Waals surface area contributed by atoms with Gasteiger partial charge in [-0.2, -0.15) is 16.1 Å². The number of benzene rings is 1. The Balaban J connectivity index is 2.40. The van der Waals surface area contributed by atoms with E-state index in [4.69, 9.17) is 11.6 Å². The average molecular weight is 339 g/mol. The Morgan fingerprint density at radius 1 is 1.40 bits per heavy atom. The van der Waals surface area contributed by atoms with Crippen LogP contribution in [0.2, 0.25) is 5.02 Å². The second-order valence-electron chi connectivity index (χ2n) is 4.42. The van der Waals surface area contributed by atoms with Crippen LogP contribution in [0.4, 0.5) is 4.39 Å². The molecule has 1 aromatic carbocycles. The molecule has 0 spiro atoms. The van der Waals surface area contributed by atoms with Crippen LogP contribution in [0.5, 0.6) is 0 Å². The largest absolute Gasteiger partial charge is 0.316 e. The summed E-state index contributed by atoms with van der Waals surface area (Å²) in [7, 11) is -1.96. The minimum absolute atomic E-state index is 0.0310. The van der Waals surface area contributed by atoms with Crippen molar-refractivity contribution in [2.24, 2.45) is 0 Å². The molecule has 0 amide bonds. The highest BCUT2D eigenvalue weighted by molar-refractivity contribution is 7.99. The molecule has 1 aliphatic rings. The molecule has 0 unspecified atom stereocenters. The van der Waals surface area contributed by atoms with E-state index < -0.39 is 15.8 Å². The molecule has 0 saturated carbocycles. The van der Waals surface area contributed by atoms with Crippen molar-refractivity contribution in [2.75, 3.05) is 31.6 Å². The fraction of sp³-hybridized carbons (Fsp3) is 0.500. The smallest absolute Gasteiger partial charge is 0.243 e. The van der Waals surface area contributed by atoms with Crippen LogP contribution < -0.4 is 5.32 Å². The lowest BCUT2D eigenvalue weighted by Gasteiger charge is -2.26. The Morgan fingerprint density at radius 2 is 2.05 bits per heavy atom. The molecule has 1 aromatic rings. The highest BCUT2D eigenvalue weighted by Crippen LogP contribution is 2.27. The molecule has 2 rings (SSSR count). The number of thioether (sulfide) groups is 1. The number of rotatable bonds is 4. The number of halogens is 2. The number of nitrogens with zero attached hydrogens (tertiary/aromatic N) is 1. The summed E-state index contributed by atoms with van der Waals surface area (Å²) in [6, 6.07) is 2.44. The summed E-state index contributed by atoms with van der Waals surface area (Å²) in [5.41, 5.74) is 0.444. The van der Waals surface area contributed by atoms with Gasteiger partial charge in [-0.3, -0.25) is 0 Å². The minimum atomic E-state index is -3.65. The van der Waals surface area contributed by atoms with Crippen LogP contribution in [0.15, 0.2) is 17.0 Å². The molecule has 112 valence electrons. The lowest BCUT2D eigenvalue weighted by molar-refractivity contribution is 0.443. The Bertz CT molecular complexity index is 589. The van der Waals surface area contributed by atoms with Crippen LogP contribution in [-0.4, -0.2) is 44.4 Å². The Hall–Kier alpha value is -0.340. The molecule has 1 fully saturated rings. The van der Waals surface area contributed by atoms with E-state index in [0.29, 0.717) is 25.2 Å². The molecule has 1 saturated heterocycles. The van der Waals surface area contributed by atoms with Crippen LogP contribution >= 0.6 is 23.4 Å². The Kier molecular flexibility index (Phi) is 5.30. The van der Waals surface area contributed by atoms with E-state index in [1.54, 1.807) is 18.8 Å². The maximum absolute atomic E-state index is 13.8. The second-order valence-corrected chi connectivity index (χ2v) is 7.97. The van der Waals surface area contributed by atoms with Crippen molar-refractivity contribution in [1.82, 2.24) is 9.62 Å². The number of hydrogen-bond acceptors (Lipinski definition) is 4. The molecule has 1 N–H and O–H groups in total. The minimum Gasteiger partial charge on any atom is -0.316 e. The highest BCUT2D eigenvalue weighted by Gasteiger charge is 2.27. The van der Waals surface area contributed by atoms with E-state index in [-0.39, 0.29) is 9.92 Å². The summed E-state index contributed by atoms with van der Waals surface area (Å²) in [5.74, 6) is 0.821. The van der Waals surface area contributed by atoms with Crippen molar-refractivity contribution in [3.05, 3.63) is 28.5 Å². The number of sulfonamides is 1. The fourth-order valence-corrected chi connectivity index (χ4v) is 4.84. The zero-order chi connectivity index (χ0) is 14.8. The molecule has 8 heteroatoms. The van der Waals surface area contributed by atoms with Crippen molar-refractivity contribution in [3.63, 3.8) is 0 Å². The lowest BCUT2D eigenvalue weighted by atomic mass is 10.2. The van der Waals surface area contributed by atoms with Crippen LogP contribution in [0.3, 0.4) is 0 Å². The van der Waals surface area contributed by atoms with Gasteiger partial charge in [-0.15, -0.1) is 0 Å². The maximum Gasteiger partial charge on any atom is 0.243 e. The molecular weight excluding hydrogens is 323 g/mol. The summed E-state index contributed by atoms with van der Waals surface area (Å²) in [6.07, 6.45) is 0. The van der Waals surface area contributed by atoms with E-state index in [9.17, 15) is 12.8 Å². The molecule has 0 aromatic heterocycles. The number of hydrogen-bond donors (Lipinski definition) is 1. The van der Waals surface area contributed by atoms with Gasteiger partial charge in [0, 0.05) is 31.1 Å². The van der Waals surface area contributed by atoms with Gasteiger partial charge in [-0.05, 0) is 24.7 Å². The average Bonchev–Trinajstić information content (AvgIpc) is 2.44. The van der Waals surface area contributed by atoms with Gasteiger partial charge in [0.2, 0.25) is 10.0 Å². The topological polar surface area (TPSA) is 49.4 Å².